The smallest absolute Gasteiger partial charge is 0.331 e. The number of urea groups is 1. The van der Waals surface area contributed by atoms with E-state index in [1.807, 2.05) is 24.3 Å². The number of ether oxygens (including phenoxy) is 1. The second kappa shape index (κ2) is 8.99. The fourth-order valence-electron chi connectivity index (χ4n) is 1.38. The van der Waals surface area contributed by atoms with Gasteiger partial charge in [0.1, 0.15) is 0 Å². The van der Waals surface area contributed by atoms with Gasteiger partial charge in [0.2, 0.25) is 0 Å². The Bertz CT molecular complexity index is 567. The molecule has 0 atom stereocenters. The van der Waals surface area contributed by atoms with E-state index in [4.69, 9.17) is 4.74 Å². The van der Waals surface area contributed by atoms with Crippen LogP contribution in [0.3, 0.4) is 0 Å². The summed E-state index contributed by atoms with van der Waals surface area (Å²) < 4.78 is 5.66. The summed E-state index contributed by atoms with van der Waals surface area (Å²) in [5.74, 6) is -1.36. The number of carbonyl (C=O) groups excluding carboxylic acids is 3. The van der Waals surface area contributed by atoms with E-state index in [9.17, 15) is 14.4 Å². The number of hydrogen-bond donors (Lipinski definition) is 2. The molecule has 0 fully saturated rings. The number of halogens is 1. The second-order valence-corrected chi connectivity index (χ2v) is 5.58. The Morgan fingerprint density at radius 2 is 1.86 bits per heavy atom. The summed E-state index contributed by atoms with van der Waals surface area (Å²) in [6.45, 7) is 3.00. The van der Waals surface area contributed by atoms with Crippen LogP contribution >= 0.6 is 15.9 Å². The maximum Gasteiger partial charge on any atom is 0.331 e. The van der Waals surface area contributed by atoms with Gasteiger partial charge in [0.25, 0.3) is 5.91 Å². The van der Waals surface area contributed by atoms with Crippen molar-refractivity contribution in [3.63, 3.8) is 0 Å². The topological polar surface area (TPSA) is 84.5 Å². The van der Waals surface area contributed by atoms with Gasteiger partial charge in [0, 0.05) is 16.6 Å². The molecule has 0 heterocycles. The number of hydrogen-bond acceptors (Lipinski definition) is 4. The van der Waals surface area contributed by atoms with E-state index in [-0.39, 0.29) is 6.04 Å². The summed E-state index contributed by atoms with van der Waals surface area (Å²) in [4.78, 5) is 34.1. The third-order valence-electron chi connectivity index (χ3n) is 2.30. The Morgan fingerprint density at radius 1 is 1.23 bits per heavy atom. The Hall–Kier alpha value is -2.15. The highest BCUT2D eigenvalue weighted by molar-refractivity contribution is 9.10. The third kappa shape index (κ3) is 7.58. The lowest BCUT2D eigenvalue weighted by atomic mass is 10.2. The van der Waals surface area contributed by atoms with Crippen LogP contribution in [0.2, 0.25) is 0 Å². The number of amides is 3. The average molecular weight is 369 g/mol. The fraction of sp³-hybridized carbons (Fsp3) is 0.267. The molecule has 118 valence electrons. The van der Waals surface area contributed by atoms with Crippen molar-refractivity contribution in [2.24, 2.45) is 0 Å². The van der Waals surface area contributed by atoms with Crippen LogP contribution in [0.1, 0.15) is 19.4 Å². The highest BCUT2D eigenvalue weighted by Crippen LogP contribution is 2.11. The van der Waals surface area contributed by atoms with Gasteiger partial charge in [0.05, 0.1) is 0 Å². The summed E-state index contributed by atoms with van der Waals surface area (Å²) in [6, 6.07) is 6.59. The van der Waals surface area contributed by atoms with Gasteiger partial charge in [-0.2, -0.15) is 0 Å². The Labute approximate surface area is 137 Å². The van der Waals surface area contributed by atoms with E-state index in [0.29, 0.717) is 0 Å². The zero-order chi connectivity index (χ0) is 16.5. The number of imide groups is 1. The lowest BCUT2D eigenvalue weighted by Crippen LogP contribution is -2.43. The molecule has 0 saturated carbocycles. The van der Waals surface area contributed by atoms with Crippen molar-refractivity contribution in [3.05, 3.63) is 40.4 Å². The van der Waals surface area contributed by atoms with Crippen LogP contribution in [-0.2, 0) is 14.3 Å². The SMILES string of the molecule is CC(C)NC(=O)NC(=O)COC(=O)/C=C/c1ccc(Br)cc1. The molecule has 0 bridgehead atoms. The van der Waals surface area contributed by atoms with Crippen molar-refractivity contribution in [2.45, 2.75) is 19.9 Å². The van der Waals surface area contributed by atoms with Gasteiger partial charge in [-0.25, -0.2) is 9.59 Å². The molecule has 1 rings (SSSR count). The quantitative estimate of drug-likeness (QED) is 0.616. The van der Waals surface area contributed by atoms with Gasteiger partial charge < -0.3 is 10.1 Å². The molecule has 0 aliphatic carbocycles. The summed E-state index contributed by atoms with van der Waals surface area (Å²) in [6.07, 6.45) is 2.78. The molecule has 0 aromatic heterocycles. The van der Waals surface area contributed by atoms with E-state index in [1.54, 1.807) is 19.9 Å². The predicted octanol–water partition coefficient (Wildman–Crippen LogP) is 2.24. The van der Waals surface area contributed by atoms with Gasteiger partial charge in [-0.3, -0.25) is 10.1 Å². The summed E-state index contributed by atoms with van der Waals surface area (Å²) in [7, 11) is 0. The average Bonchev–Trinajstić information content (AvgIpc) is 2.43. The first kappa shape index (κ1) is 17.9. The molecule has 0 aliphatic rings. The zero-order valence-corrected chi connectivity index (χ0v) is 13.8. The minimum atomic E-state index is -0.691. The Kier molecular flexibility index (Phi) is 7.31. The predicted molar refractivity (Wildman–Crippen MR) is 85.9 cm³/mol. The van der Waals surface area contributed by atoms with Crippen molar-refractivity contribution in [2.75, 3.05) is 6.61 Å². The lowest BCUT2D eigenvalue weighted by Gasteiger charge is -2.08. The van der Waals surface area contributed by atoms with Crippen molar-refractivity contribution in [1.29, 1.82) is 0 Å². The maximum absolute atomic E-state index is 11.5. The van der Waals surface area contributed by atoms with Crippen molar-refractivity contribution in [1.82, 2.24) is 10.6 Å². The first-order chi connectivity index (χ1) is 10.4. The molecule has 1 aromatic rings. The second-order valence-electron chi connectivity index (χ2n) is 4.67. The van der Waals surface area contributed by atoms with Gasteiger partial charge in [-0.1, -0.05) is 28.1 Å². The monoisotopic (exact) mass is 368 g/mol. The molecule has 0 aliphatic heterocycles. The largest absolute Gasteiger partial charge is 0.452 e. The van der Waals surface area contributed by atoms with Crippen molar-refractivity contribution >= 4 is 39.9 Å². The third-order valence-corrected chi connectivity index (χ3v) is 2.83. The molecule has 6 nitrogen and oxygen atoms in total. The summed E-state index contributed by atoms with van der Waals surface area (Å²) in [5, 5.41) is 4.53. The molecular formula is C15H17BrN2O4. The molecular weight excluding hydrogens is 352 g/mol. The minimum Gasteiger partial charge on any atom is -0.452 e. The lowest BCUT2D eigenvalue weighted by molar-refractivity contribution is -0.143. The first-order valence-electron chi connectivity index (χ1n) is 6.57. The minimum absolute atomic E-state index is 0.0933. The van der Waals surface area contributed by atoms with E-state index < -0.39 is 24.5 Å². The normalized spacial score (nSPS) is 10.5. The van der Waals surface area contributed by atoms with Crippen LogP contribution in [0.15, 0.2) is 34.8 Å². The van der Waals surface area contributed by atoms with Crippen LogP contribution in [0.5, 0.6) is 0 Å². The molecule has 0 radical (unpaired) electrons. The highest BCUT2D eigenvalue weighted by atomic mass is 79.9. The molecule has 1 aromatic carbocycles. The van der Waals surface area contributed by atoms with E-state index >= 15 is 0 Å². The standard InChI is InChI=1S/C15H17BrN2O4/c1-10(2)17-15(21)18-13(19)9-22-14(20)8-5-11-3-6-12(16)7-4-11/h3-8,10H,9H2,1-2H3,(H2,17,18,19,21)/b8-5+. The van der Waals surface area contributed by atoms with Gasteiger partial charge >= 0.3 is 12.0 Å². The van der Waals surface area contributed by atoms with E-state index in [2.05, 4.69) is 26.6 Å². The van der Waals surface area contributed by atoms with Gasteiger partial charge in [0.15, 0.2) is 6.61 Å². The zero-order valence-electron chi connectivity index (χ0n) is 12.3. The molecule has 0 saturated heterocycles. The molecule has 0 unspecified atom stereocenters. The molecule has 3 amide bonds. The number of nitrogens with one attached hydrogen (secondary N) is 2. The number of carbonyl (C=O) groups is 3. The Morgan fingerprint density at radius 3 is 2.45 bits per heavy atom. The fourth-order valence-corrected chi connectivity index (χ4v) is 1.65. The van der Waals surface area contributed by atoms with Crippen molar-refractivity contribution < 1.29 is 19.1 Å². The highest BCUT2D eigenvalue weighted by Gasteiger charge is 2.10. The molecule has 2 N–H and O–H groups in total. The number of benzene rings is 1. The van der Waals surface area contributed by atoms with Crippen LogP contribution in [0.4, 0.5) is 4.79 Å². The molecule has 7 heteroatoms. The van der Waals surface area contributed by atoms with Crippen LogP contribution in [0, 0.1) is 0 Å². The van der Waals surface area contributed by atoms with Crippen LogP contribution < -0.4 is 10.6 Å². The van der Waals surface area contributed by atoms with Crippen molar-refractivity contribution in [3.8, 4) is 0 Å². The molecule has 0 spiro atoms. The number of rotatable bonds is 5. The van der Waals surface area contributed by atoms with Crippen LogP contribution in [0.25, 0.3) is 6.08 Å². The summed E-state index contributed by atoms with van der Waals surface area (Å²) in [5.41, 5.74) is 0.820. The number of esters is 1. The first-order valence-corrected chi connectivity index (χ1v) is 7.37. The van der Waals surface area contributed by atoms with Crippen LogP contribution in [-0.4, -0.2) is 30.6 Å². The Balaban J connectivity index is 2.35. The van der Waals surface area contributed by atoms with Gasteiger partial charge in [-0.05, 0) is 37.6 Å². The van der Waals surface area contributed by atoms with Gasteiger partial charge in [-0.15, -0.1) is 0 Å². The molecule has 22 heavy (non-hydrogen) atoms. The van der Waals surface area contributed by atoms with E-state index in [0.717, 1.165) is 10.0 Å². The summed E-state index contributed by atoms with van der Waals surface area (Å²) >= 11 is 3.31. The van der Waals surface area contributed by atoms with E-state index in [1.165, 1.54) is 6.08 Å². The maximum atomic E-state index is 11.5.